The number of methoxy groups -OCH3 is 1. The van der Waals surface area contributed by atoms with Gasteiger partial charge in [0.2, 0.25) is 10.0 Å². The minimum atomic E-state index is -3.93. The molecule has 0 saturated heterocycles. The van der Waals surface area contributed by atoms with Gasteiger partial charge >= 0.3 is 5.97 Å². The number of halogens is 1. The highest BCUT2D eigenvalue weighted by Crippen LogP contribution is 2.34. The number of ether oxygens (including phenoxy) is 1. The number of rotatable bonds is 5. The minimum absolute atomic E-state index is 0.0672. The van der Waals surface area contributed by atoms with Crippen LogP contribution in [0, 0.1) is 10.1 Å². The Labute approximate surface area is 169 Å². The molecule has 2 aromatic rings. The molecule has 0 atom stereocenters. The number of hydrogen-bond donors (Lipinski definition) is 0. The average Bonchev–Trinajstić information content (AvgIpc) is 2.66. The van der Waals surface area contributed by atoms with Gasteiger partial charge in [-0.1, -0.05) is 12.1 Å². The molecule has 0 fully saturated rings. The van der Waals surface area contributed by atoms with Gasteiger partial charge in [-0.2, -0.15) is 4.31 Å². The number of carbonyl (C=O) groups excluding carboxylic acids is 1. The SMILES string of the molecule is COC(=O)CN1CN(Cc2cccc([N+](=O)[O-])c2)S(=O)(=O)c2cc(Br)cnc21. The van der Waals surface area contributed by atoms with Crippen molar-refractivity contribution in [2.75, 3.05) is 25.2 Å². The molecule has 0 bridgehead atoms. The molecule has 1 aliphatic heterocycles. The first-order chi connectivity index (χ1) is 13.2. The van der Waals surface area contributed by atoms with Crippen molar-refractivity contribution in [3.05, 3.63) is 56.7 Å². The number of anilines is 1. The maximum Gasteiger partial charge on any atom is 0.325 e. The van der Waals surface area contributed by atoms with Crippen LogP contribution in [-0.2, 0) is 26.1 Å². The fourth-order valence-corrected chi connectivity index (χ4v) is 4.83. The Morgan fingerprint density at radius 3 is 2.82 bits per heavy atom. The number of aromatic nitrogens is 1. The molecule has 0 saturated carbocycles. The molecule has 3 rings (SSSR count). The number of sulfonamides is 1. The molecule has 1 aliphatic rings. The molecule has 2 heterocycles. The van der Waals surface area contributed by atoms with Crippen molar-refractivity contribution in [3.63, 3.8) is 0 Å². The third-order valence-corrected chi connectivity index (χ3v) is 6.29. The van der Waals surface area contributed by atoms with E-state index in [0.717, 1.165) is 4.31 Å². The lowest BCUT2D eigenvalue weighted by Crippen LogP contribution is -2.48. The standard InChI is InChI=1S/C16H15BrN4O6S/c1-27-15(22)9-19-10-20(8-11-3-2-4-13(5-11)21(23)24)28(25,26)14-6-12(17)7-18-16(14)19/h2-7H,8-10H2,1H3. The van der Waals surface area contributed by atoms with Crippen LogP contribution < -0.4 is 4.90 Å². The molecule has 1 aromatic carbocycles. The fraction of sp³-hybridized carbons (Fsp3) is 0.250. The van der Waals surface area contributed by atoms with Crippen LogP contribution >= 0.6 is 15.9 Å². The Kier molecular flexibility index (Phi) is 5.63. The van der Waals surface area contributed by atoms with E-state index in [-0.39, 0.29) is 36.2 Å². The Hall–Kier alpha value is -2.57. The van der Waals surface area contributed by atoms with Crippen LogP contribution in [0.1, 0.15) is 5.56 Å². The Morgan fingerprint density at radius 1 is 1.39 bits per heavy atom. The average molecular weight is 471 g/mol. The highest BCUT2D eigenvalue weighted by molar-refractivity contribution is 9.10. The number of hydrogen-bond acceptors (Lipinski definition) is 8. The number of nitro groups is 1. The van der Waals surface area contributed by atoms with Gasteiger partial charge in [0.05, 0.1) is 18.7 Å². The summed E-state index contributed by atoms with van der Waals surface area (Å²) >= 11 is 3.21. The Morgan fingerprint density at radius 2 is 2.14 bits per heavy atom. The molecular formula is C16H15BrN4O6S. The van der Waals surface area contributed by atoms with Crippen molar-refractivity contribution in [2.45, 2.75) is 11.4 Å². The van der Waals surface area contributed by atoms with E-state index in [0.29, 0.717) is 10.0 Å². The third-order valence-electron chi connectivity index (χ3n) is 4.07. The molecule has 10 nitrogen and oxygen atoms in total. The van der Waals surface area contributed by atoms with E-state index in [1.54, 1.807) is 6.07 Å². The van der Waals surface area contributed by atoms with Gasteiger partial charge in [0, 0.05) is 29.3 Å². The number of carbonyl (C=O) groups is 1. The number of non-ortho nitro benzene ring substituents is 1. The van der Waals surface area contributed by atoms with Crippen LogP contribution in [-0.4, -0.2) is 48.9 Å². The number of benzene rings is 1. The van der Waals surface area contributed by atoms with E-state index in [1.165, 1.54) is 42.5 Å². The van der Waals surface area contributed by atoms with E-state index in [4.69, 9.17) is 0 Å². The predicted octanol–water partition coefficient (Wildman–Crippen LogP) is 1.89. The van der Waals surface area contributed by atoms with Crippen LogP contribution in [0.2, 0.25) is 0 Å². The first-order valence-corrected chi connectivity index (χ1v) is 10.2. The zero-order chi connectivity index (χ0) is 20.5. The fourth-order valence-electron chi connectivity index (χ4n) is 2.77. The summed E-state index contributed by atoms with van der Waals surface area (Å²) < 4.78 is 32.4. The molecule has 0 spiro atoms. The summed E-state index contributed by atoms with van der Waals surface area (Å²) in [5, 5.41) is 11.0. The molecule has 0 aliphatic carbocycles. The number of nitrogens with zero attached hydrogens (tertiary/aromatic N) is 4. The van der Waals surface area contributed by atoms with Crippen LogP contribution in [0.5, 0.6) is 0 Å². The second-order valence-electron chi connectivity index (χ2n) is 5.93. The van der Waals surface area contributed by atoms with Gasteiger partial charge in [-0.25, -0.2) is 13.4 Å². The van der Waals surface area contributed by atoms with Crippen LogP contribution in [0.4, 0.5) is 11.5 Å². The number of pyridine rings is 1. The summed E-state index contributed by atoms with van der Waals surface area (Å²) in [5.41, 5.74) is 0.310. The summed E-state index contributed by atoms with van der Waals surface area (Å²) in [5.74, 6) is -0.408. The van der Waals surface area contributed by atoms with Crippen molar-refractivity contribution in [1.82, 2.24) is 9.29 Å². The van der Waals surface area contributed by atoms with Crippen molar-refractivity contribution < 1.29 is 22.9 Å². The normalized spacial score (nSPS) is 15.7. The van der Waals surface area contributed by atoms with E-state index >= 15 is 0 Å². The maximum absolute atomic E-state index is 13.1. The van der Waals surface area contributed by atoms with E-state index in [9.17, 15) is 23.3 Å². The highest BCUT2D eigenvalue weighted by atomic mass is 79.9. The summed E-state index contributed by atoms with van der Waals surface area (Å²) in [7, 11) is -2.70. The predicted molar refractivity (Wildman–Crippen MR) is 102 cm³/mol. The van der Waals surface area contributed by atoms with Crippen molar-refractivity contribution in [2.24, 2.45) is 0 Å². The molecule has 0 radical (unpaired) electrons. The molecule has 28 heavy (non-hydrogen) atoms. The van der Waals surface area contributed by atoms with Crippen molar-refractivity contribution in [1.29, 1.82) is 0 Å². The summed E-state index contributed by atoms with van der Waals surface area (Å²) in [4.78, 5) is 27.7. The first-order valence-electron chi connectivity index (χ1n) is 7.93. The summed E-state index contributed by atoms with van der Waals surface area (Å²) in [6.07, 6.45) is 1.44. The monoisotopic (exact) mass is 470 g/mol. The molecule has 0 amide bonds. The largest absolute Gasteiger partial charge is 0.468 e. The zero-order valence-electron chi connectivity index (χ0n) is 14.6. The van der Waals surface area contributed by atoms with Crippen LogP contribution in [0.3, 0.4) is 0 Å². The Balaban J connectivity index is 2.01. The topological polar surface area (TPSA) is 123 Å². The third kappa shape index (κ3) is 3.98. The van der Waals surface area contributed by atoms with Gasteiger partial charge in [0.1, 0.15) is 17.3 Å². The number of nitro benzene ring substituents is 1. The first kappa shape index (κ1) is 20.2. The molecule has 148 valence electrons. The summed E-state index contributed by atoms with van der Waals surface area (Å²) in [6.45, 7) is -0.450. The van der Waals surface area contributed by atoms with Crippen molar-refractivity contribution in [3.8, 4) is 0 Å². The maximum atomic E-state index is 13.1. The van der Waals surface area contributed by atoms with Gasteiger partial charge in [-0.15, -0.1) is 0 Å². The zero-order valence-corrected chi connectivity index (χ0v) is 17.0. The Bertz CT molecular complexity index is 1050. The van der Waals surface area contributed by atoms with E-state index < -0.39 is 20.9 Å². The van der Waals surface area contributed by atoms with Gasteiger partial charge in [0.15, 0.2) is 0 Å². The number of fused-ring (bicyclic) bond motifs is 1. The van der Waals surface area contributed by atoms with Gasteiger partial charge < -0.3 is 9.64 Å². The lowest BCUT2D eigenvalue weighted by Gasteiger charge is -2.36. The summed E-state index contributed by atoms with van der Waals surface area (Å²) in [6, 6.07) is 7.13. The van der Waals surface area contributed by atoms with Crippen LogP contribution in [0.15, 0.2) is 45.9 Å². The molecule has 0 unspecified atom stereocenters. The molecule has 1 aromatic heterocycles. The van der Waals surface area contributed by atoms with Gasteiger partial charge in [0.25, 0.3) is 5.69 Å². The number of esters is 1. The molecular weight excluding hydrogens is 456 g/mol. The van der Waals surface area contributed by atoms with Crippen LogP contribution in [0.25, 0.3) is 0 Å². The lowest BCUT2D eigenvalue weighted by molar-refractivity contribution is -0.384. The quantitative estimate of drug-likeness (QED) is 0.368. The second kappa shape index (κ2) is 7.81. The second-order valence-corrected chi connectivity index (χ2v) is 8.75. The van der Waals surface area contributed by atoms with Crippen molar-refractivity contribution >= 4 is 43.4 Å². The highest BCUT2D eigenvalue weighted by Gasteiger charge is 2.37. The molecule has 12 heteroatoms. The van der Waals surface area contributed by atoms with E-state index in [2.05, 4.69) is 25.7 Å². The van der Waals surface area contributed by atoms with E-state index in [1.807, 2.05) is 0 Å². The van der Waals surface area contributed by atoms with Gasteiger partial charge in [-0.3, -0.25) is 14.9 Å². The lowest BCUT2D eigenvalue weighted by atomic mass is 10.2. The minimum Gasteiger partial charge on any atom is -0.468 e. The molecule has 0 N–H and O–H groups in total. The van der Waals surface area contributed by atoms with Gasteiger partial charge in [-0.05, 0) is 27.6 Å². The smallest absolute Gasteiger partial charge is 0.325 e.